The van der Waals surface area contributed by atoms with Crippen LogP contribution in [0.25, 0.3) is 0 Å². The standard InChI is InChI=1S/C31H39N2O6P/c1-24(2)33(25(3)4)40(38-22-28-18-12-7-13-19-28)39-23-29(30(34)36-20-26-14-8-5-9-15-26)32-31(35)37-21-27-16-10-6-11-17-27/h5-19,24-25,29H,20-23H2,1-4H3,(H,32,35). The van der Waals surface area contributed by atoms with Gasteiger partial charge >= 0.3 is 12.1 Å². The van der Waals surface area contributed by atoms with E-state index in [1.54, 1.807) is 0 Å². The molecule has 0 spiro atoms. The van der Waals surface area contributed by atoms with Crippen molar-refractivity contribution in [3.05, 3.63) is 108 Å². The van der Waals surface area contributed by atoms with Gasteiger partial charge in [-0.05, 0) is 44.4 Å². The SMILES string of the molecule is CC(C)N(C(C)C)P(OCc1ccccc1)OCC(NC(=O)OCc1ccccc1)C(=O)OCc1ccccc1. The van der Waals surface area contributed by atoms with Gasteiger partial charge in [0.25, 0.3) is 8.53 Å². The van der Waals surface area contributed by atoms with Crippen molar-refractivity contribution >= 4 is 20.6 Å². The van der Waals surface area contributed by atoms with Crippen LogP contribution in [0, 0.1) is 0 Å². The summed E-state index contributed by atoms with van der Waals surface area (Å²) in [5, 5.41) is 2.63. The largest absolute Gasteiger partial charge is 0.459 e. The van der Waals surface area contributed by atoms with Crippen molar-refractivity contribution in [3.63, 3.8) is 0 Å². The summed E-state index contributed by atoms with van der Waals surface area (Å²) in [5.74, 6) is -0.626. The van der Waals surface area contributed by atoms with E-state index in [1.807, 2.05) is 91.0 Å². The van der Waals surface area contributed by atoms with E-state index in [2.05, 4.69) is 37.7 Å². The molecule has 0 heterocycles. The average molecular weight is 567 g/mol. The Balaban J connectivity index is 1.70. The molecule has 3 aromatic carbocycles. The highest BCUT2D eigenvalue weighted by atomic mass is 31.2. The Morgan fingerprint density at radius 2 is 1.12 bits per heavy atom. The van der Waals surface area contributed by atoms with E-state index in [4.69, 9.17) is 18.5 Å². The number of benzene rings is 3. The summed E-state index contributed by atoms with van der Waals surface area (Å²) in [5.41, 5.74) is 2.67. The molecule has 40 heavy (non-hydrogen) atoms. The predicted molar refractivity (Wildman–Crippen MR) is 156 cm³/mol. The van der Waals surface area contributed by atoms with Crippen LogP contribution in [0.3, 0.4) is 0 Å². The molecule has 2 atom stereocenters. The fraction of sp³-hybridized carbons (Fsp3) is 0.355. The van der Waals surface area contributed by atoms with Gasteiger partial charge in [0, 0.05) is 12.1 Å². The Morgan fingerprint density at radius 3 is 1.60 bits per heavy atom. The van der Waals surface area contributed by atoms with Crippen molar-refractivity contribution in [2.75, 3.05) is 6.61 Å². The van der Waals surface area contributed by atoms with Gasteiger partial charge in [-0.1, -0.05) is 91.0 Å². The number of alkyl carbamates (subject to hydrolysis) is 1. The van der Waals surface area contributed by atoms with Crippen LogP contribution < -0.4 is 5.32 Å². The Hall–Kier alpha value is -3.29. The number of amides is 1. The molecule has 0 bridgehead atoms. The minimum absolute atomic E-state index is 0.0697. The van der Waals surface area contributed by atoms with Gasteiger partial charge < -0.3 is 23.8 Å². The van der Waals surface area contributed by atoms with E-state index in [-0.39, 0.29) is 31.9 Å². The van der Waals surface area contributed by atoms with Crippen LogP contribution in [0.5, 0.6) is 0 Å². The summed E-state index contributed by atoms with van der Waals surface area (Å²) in [6.07, 6.45) is -0.742. The normalized spacial score (nSPS) is 12.8. The summed E-state index contributed by atoms with van der Waals surface area (Å²) in [6, 6.07) is 27.6. The van der Waals surface area contributed by atoms with Crippen molar-refractivity contribution in [1.82, 2.24) is 9.99 Å². The molecule has 2 unspecified atom stereocenters. The topological polar surface area (TPSA) is 86.3 Å². The van der Waals surface area contributed by atoms with Crippen LogP contribution >= 0.6 is 8.53 Å². The number of nitrogens with one attached hydrogen (secondary N) is 1. The van der Waals surface area contributed by atoms with Crippen molar-refractivity contribution in [1.29, 1.82) is 0 Å². The molecular weight excluding hydrogens is 527 g/mol. The number of rotatable bonds is 15. The van der Waals surface area contributed by atoms with Gasteiger partial charge in [-0.15, -0.1) is 0 Å². The zero-order chi connectivity index (χ0) is 28.7. The van der Waals surface area contributed by atoms with Gasteiger partial charge in [0.15, 0.2) is 6.04 Å². The maximum Gasteiger partial charge on any atom is 0.408 e. The molecule has 0 aliphatic carbocycles. The fourth-order valence-electron chi connectivity index (χ4n) is 3.89. The first-order valence-corrected chi connectivity index (χ1v) is 14.5. The number of hydrogen-bond acceptors (Lipinski definition) is 7. The number of ether oxygens (including phenoxy) is 2. The van der Waals surface area contributed by atoms with Gasteiger partial charge in [-0.2, -0.15) is 0 Å². The molecular formula is C31H39N2O6P. The second-order valence-corrected chi connectivity index (χ2v) is 11.2. The number of carbonyl (C=O) groups excluding carboxylic acids is 2. The smallest absolute Gasteiger partial charge is 0.408 e. The summed E-state index contributed by atoms with van der Waals surface area (Å²) in [6.45, 7) is 8.60. The highest BCUT2D eigenvalue weighted by Gasteiger charge is 2.31. The maximum absolute atomic E-state index is 13.1. The third kappa shape index (κ3) is 10.7. The van der Waals surface area contributed by atoms with Crippen molar-refractivity contribution in [3.8, 4) is 0 Å². The molecule has 0 aliphatic rings. The molecule has 0 saturated heterocycles. The lowest BCUT2D eigenvalue weighted by Crippen LogP contribution is -2.45. The molecule has 1 amide bonds. The van der Waals surface area contributed by atoms with E-state index in [0.717, 1.165) is 16.7 Å². The second-order valence-electron chi connectivity index (χ2n) is 9.71. The Labute approximate surface area is 238 Å². The van der Waals surface area contributed by atoms with E-state index < -0.39 is 26.6 Å². The molecule has 0 fully saturated rings. The zero-order valence-corrected chi connectivity index (χ0v) is 24.5. The summed E-state index contributed by atoms with van der Waals surface area (Å²) in [4.78, 5) is 25.8. The fourth-order valence-corrected chi connectivity index (χ4v) is 5.52. The molecule has 0 saturated carbocycles. The maximum atomic E-state index is 13.1. The summed E-state index contributed by atoms with van der Waals surface area (Å²) in [7, 11) is -1.57. The first-order chi connectivity index (χ1) is 19.3. The highest BCUT2D eigenvalue weighted by molar-refractivity contribution is 7.44. The lowest BCUT2D eigenvalue weighted by atomic mass is 10.2. The van der Waals surface area contributed by atoms with Gasteiger partial charge in [-0.3, -0.25) is 0 Å². The monoisotopic (exact) mass is 566 g/mol. The quantitative estimate of drug-likeness (QED) is 0.164. The molecule has 9 heteroatoms. The lowest BCUT2D eigenvalue weighted by Gasteiger charge is -2.36. The second kappa shape index (κ2) is 16.7. The van der Waals surface area contributed by atoms with Crippen LogP contribution in [0.2, 0.25) is 0 Å². The highest BCUT2D eigenvalue weighted by Crippen LogP contribution is 2.46. The number of carbonyl (C=O) groups is 2. The van der Waals surface area contributed by atoms with Crippen LogP contribution in [0.15, 0.2) is 91.0 Å². The molecule has 214 valence electrons. The number of hydrogen-bond donors (Lipinski definition) is 1. The zero-order valence-electron chi connectivity index (χ0n) is 23.6. The third-order valence-corrected chi connectivity index (χ3v) is 7.82. The van der Waals surface area contributed by atoms with E-state index in [1.165, 1.54) is 0 Å². The molecule has 0 aliphatic heterocycles. The molecule has 3 aromatic rings. The lowest BCUT2D eigenvalue weighted by molar-refractivity contribution is -0.148. The Morgan fingerprint density at radius 1 is 0.675 bits per heavy atom. The Kier molecular flexibility index (Phi) is 13.1. The van der Waals surface area contributed by atoms with Crippen molar-refractivity contribution in [2.45, 2.75) is 65.6 Å². The molecule has 3 rings (SSSR count). The summed E-state index contributed by atoms with van der Waals surface area (Å²) < 4.78 is 25.5. The van der Waals surface area contributed by atoms with Crippen molar-refractivity contribution < 1.29 is 28.1 Å². The Bertz CT molecular complexity index is 1140. The molecule has 8 nitrogen and oxygen atoms in total. The van der Waals surface area contributed by atoms with E-state index in [0.29, 0.717) is 6.61 Å². The molecule has 0 radical (unpaired) electrons. The van der Waals surface area contributed by atoms with Crippen LogP contribution in [0.4, 0.5) is 4.79 Å². The first-order valence-electron chi connectivity index (χ1n) is 13.4. The van der Waals surface area contributed by atoms with Gasteiger partial charge in [0.2, 0.25) is 0 Å². The first kappa shape index (κ1) is 31.2. The number of nitrogens with zero attached hydrogens (tertiary/aromatic N) is 1. The third-order valence-electron chi connectivity index (χ3n) is 5.80. The van der Waals surface area contributed by atoms with E-state index in [9.17, 15) is 9.59 Å². The number of esters is 1. The van der Waals surface area contributed by atoms with Crippen molar-refractivity contribution in [2.24, 2.45) is 0 Å². The van der Waals surface area contributed by atoms with Crippen LogP contribution in [-0.2, 0) is 43.1 Å². The minimum Gasteiger partial charge on any atom is -0.459 e. The minimum atomic E-state index is -1.57. The predicted octanol–water partition coefficient (Wildman–Crippen LogP) is 6.60. The van der Waals surface area contributed by atoms with Gasteiger partial charge in [0.1, 0.15) is 13.2 Å². The van der Waals surface area contributed by atoms with Gasteiger partial charge in [-0.25, -0.2) is 14.3 Å². The average Bonchev–Trinajstić information content (AvgIpc) is 2.96. The summed E-state index contributed by atoms with van der Waals surface area (Å²) >= 11 is 0. The van der Waals surface area contributed by atoms with E-state index >= 15 is 0 Å². The van der Waals surface area contributed by atoms with Gasteiger partial charge in [0.05, 0.1) is 13.2 Å². The molecule has 1 N–H and O–H groups in total. The van der Waals surface area contributed by atoms with Crippen LogP contribution in [-0.4, -0.2) is 41.5 Å². The van der Waals surface area contributed by atoms with Crippen LogP contribution in [0.1, 0.15) is 44.4 Å². The molecule has 0 aromatic heterocycles.